The van der Waals surface area contributed by atoms with Gasteiger partial charge in [0.15, 0.2) is 5.78 Å². The lowest BCUT2D eigenvalue weighted by atomic mass is 9.76. The molecule has 2 aromatic heterocycles. The summed E-state index contributed by atoms with van der Waals surface area (Å²) in [6.45, 7) is 1.79. The van der Waals surface area contributed by atoms with Crippen LogP contribution >= 0.6 is 12.4 Å². The van der Waals surface area contributed by atoms with Gasteiger partial charge in [-0.25, -0.2) is 4.39 Å². The van der Waals surface area contributed by atoms with Crippen molar-refractivity contribution in [2.75, 3.05) is 0 Å². The zero-order valence-corrected chi connectivity index (χ0v) is 18.2. The number of ketones is 1. The van der Waals surface area contributed by atoms with E-state index in [1.54, 1.807) is 29.0 Å². The van der Waals surface area contributed by atoms with Crippen molar-refractivity contribution >= 4 is 35.1 Å². The number of benzene rings is 1. The minimum absolute atomic E-state index is 0. The van der Waals surface area contributed by atoms with Gasteiger partial charge < -0.3 is 9.67 Å². The van der Waals surface area contributed by atoms with Crippen molar-refractivity contribution in [1.82, 2.24) is 9.55 Å². The van der Waals surface area contributed by atoms with Gasteiger partial charge in [0.05, 0.1) is 0 Å². The van der Waals surface area contributed by atoms with Gasteiger partial charge in [-0.2, -0.15) is 0 Å². The van der Waals surface area contributed by atoms with Crippen LogP contribution in [0, 0.1) is 18.7 Å². The van der Waals surface area contributed by atoms with Gasteiger partial charge in [-0.1, -0.05) is 6.07 Å². The lowest BCUT2D eigenvalue weighted by Gasteiger charge is -2.28. The molecular formula is C24H26ClFN2O3. The second kappa shape index (κ2) is 9.60. The maximum Gasteiger partial charge on any atom is 0.323 e. The summed E-state index contributed by atoms with van der Waals surface area (Å²) in [7, 11) is 0. The smallest absolute Gasteiger partial charge is 0.323 e. The number of pyridine rings is 1. The molecule has 7 heteroatoms. The Morgan fingerprint density at radius 1 is 1.16 bits per heavy atom. The van der Waals surface area contributed by atoms with E-state index in [0.717, 1.165) is 47.8 Å². The highest BCUT2D eigenvalue weighted by Gasteiger charge is 2.29. The fourth-order valence-corrected chi connectivity index (χ4v) is 4.88. The number of fused-ring (bicyclic) bond motifs is 1. The molecule has 2 heterocycles. The SMILES string of the molecule is Cc1c(C2CCC(CC(=O)c3ccccn3)CC2)c2cc(F)ccc2n1CC(=O)O.Cl. The molecule has 0 saturated heterocycles. The Balaban J connectivity index is 0.00000272. The number of carboxylic acids is 1. The number of aromatic nitrogens is 2. The van der Waals surface area contributed by atoms with Crippen molar-refractivity contribution in [3.63, 3.8) is 0 Å². The molecule has 0 atom stereocenters. The van der Waals surface area contributed by atoms with Crippen molar-refractivity contribution in [3.05, 3.63) is 65.4 Å². The Morgan fingerprint density at radius 2 is 1.90 bits per heavy atom. The third-order valence-corrected chi connectivity index (χ3v) is 6.31. The van der Waals surface area contributed by atoms with Gasteiger partial charge >= 0.3 is 5.97 Å². The van der Waals surface area contributed by atoms with Crippen molar-refractivity contribution < 1.29 is 19.1 Å². The normalized spacial score (nSPS) is 18.5. The number of halogens is 2. The molecule has 3 aromatic rings. The van der Waals surface area contributed by atoms with E-state index in [2.05, 4.69) is 4.98 Å². The van der Waals surface area contributed by atoms with Crippen LogP contribution in [0.5, 0.6) is 0 Å². The van der Waals surface area contributed by atoms with Gasteiger partial charge in [-0.3, -0.25) is 14.6 Å². The molecule has 1 aromatic carbocycles. The molecule has 1 N–H and O–H groups in total. The summed E-state index contributed by atoms with van der Waals surface area (Å²) in [5.74, 6) is -0.588. The molecule has 164 valence electrons. The van der Waals surface area contributed by atoms with Gasteiger partial charge in [0, 0.05) is 29.2 Å². The van der Waals surface area contributed by atoms with E-state index < -0.39 is 5.97 Å². The summed E-state index contributed by atoms with van der Waals surface area (Å²) in [4.78, 5) is 28.0. The third kappa shape index (κ3) is 4.79. The van der Waals surface area contributed by atoms with Crippen molar-refractivity contribution in [1.29, 1.82) is 0 Å². The first-order chi connectivity index (χ1) is 14.4. The number of carbonyl (C=O) groups is 2. The minimum Gasteiger partial charge on any atom is -0.480 e. The summed E-state index contributed by atoms with van der Waals surface area (Å²) in [5, 5.41) is 10.1. The summed E-state index contributed by atoms with van der Waals surface area (Å²) in [6, 6.07) is 9.95. The lowest BCUT2D eigenvalue weighted by molar-refractivity contribution is -0.137. The van der Waals surface area contributed by atoms with Gasteiger partial charge in [0.1, 0.15) is 18.1 Å². The molecule has 0 aliphatic heterocycles. The Labute approximate surface area is 186 Å². The van der Waals surface area contributed by atoms with E-state index >= 15 is 0 Å². The molecular weight excluding hydrogens is 419 g/mol. The van der Waals surface area contributed by atoms with Crippen molar-refractivity contribution in [3.8, 4) is 0 Å². The maximum absolute atomic E-state index is 14.0. The van der Waals surface area contributed by atoms with E-state index in [9.17, 15) is 19.1 Å². The van der Waals surface area contributed by atoms with Crippen LogP contribution in [0.4, 0.5) is 4.39 Å². The second-order valence-electron chi connectivity index (χ2n) is 8.20. The van der Waals surface area contributed by atoms with E-state index in [4.69, 9.17) is 0 Å². The highest BCUT2D eigenvalue weighted by molar-refractivity contribution is 5.94. The van der Waals surface area contributed by atoms with Crippen LogP contribution in [0.25, 0.3) is 10.9 Å². The van der Waals surface area contributed by atoms with Gasteiger partial charge in [-0.05, 0) is 80.3 Å². The van der Waals surface area contributed by atoms with Crippen molar-refractivity contribution in [2.24, 2.45) is 5.92 Å². The predicted molar refractivity (Wildman–Crippen MR) is 119 cm³/mol. The number of nitrogens with zero attached hydrogens (tertiary/aromatic N) is 2. The molecule has 0 unspecified atom stereocenters. The zero-order chi connectivity index (χ0) is 21.3. The summed E-state index contributed by atoms with van der Waals surface area (Å²) in [5.41, 5.74) is 3.23. The molecule has 0 radical (unpaired) electrons. The number of rotatable bonds is 6. The largest absolute Gasteiger partial charge is 0.480 e. The first-order valence-corrected chi connectivity index (χ1v) is 10.4. The Hall–Kier alpha value is -2.73. The van der Waals surface area contributed by atoms with E-state index in [0.29, 0.717) is 18.0 Å². The summed E-state index contributed by atoms with van der Waals surface area (Å²) < 4.78 is 15.8. The molecule has 31 heavy (non-hydrogen) atoms. The van der Waals surface area contributed by atoms with Crippen LogP contribution in [0.15, 0.2) is 42.6 Å². The average Bonchev–Trinajstić information content (AvgIpc) is 2.99. The van der Waals surface area contributed by atoms with E-state index in [1.807, 2.05) is 13.0 Å². The first-order valence-electron chi connectivity index (χ1n) is 10.4. The quantitative estimate of drug-likeness (QED) is 0.507. The number of carboxylic acid groups (broad SMARTS) is 1. The maximum atomic E-state index is 14.0. The highest BCUT2D eigenvalue weighted by atomic mass is 35.5. The fraction of sp³-hybridized carbons (Fsp3) is 0.375. The van der Waals surface area contributed by atoms with E-state index in [-0.39, 0.29) is 36.5 Å². The van der Waals surface area contributed by atoms with Crippen LogP contribution in [-0.2, 0) is 11.3 Å². The molecule has 0 bridgehead atoms. The zero-order valence-electron chi connectivity index (χ0n) is 17.4. The lowest BCUT2D eigenvalue weighted by Crippen LogP contribution is -2.18. The van der Waals surface area contributed by atoms with Crippen LogP contribution < -0.4 is 0 Å². The molecule has 0 spiro atoms. The molecule has 1 saturated carbocycles. The highest BCUT2D eigenvalue weighted by Crippen LogP contribution is 2.42. The number of hydrogen-bond acceptors (Lipinski definition) is 3. The monoisotopic (exact) mass is 444 g/mol. The molecule has 1 aliphatic rings. The summed E-state index contributed by atoms with van der Waals surface area (Å²) >= 11 is 0. The number of Topliss-reactive ketones (excluding diaryl/α,β-unsaturated/α-hetero) is 1. The second-order valence-corrected chi connectivity index (χ2v) is 8.20. The standard InChI is InChI=1S/C24H25FN2O3.ClH/c1-15-24(19-13-18(25)9-10-21(19)27(15)14-23(29)30)17-7-5-16(6-8-17)12-22(28)20-4-2-3-11-26-20;/h2-4,9-11,13,16-17H,5-8,12,14H2,1H3,(H,29,30);1H. The number of hydrogen-bond donors (Lipinski definition) is 1. The number of carbonyl (C=O) groups excluding carboxylic acids is 1. The van der Waals surface area contributed by atoms with E-state index in [1.165, 1.54) is 12.1 Å². The summed E-state index contributed by atoms with van der Waals surface area (Å²) in [6.07, 6.45) is 5.79. The van der Waals surface area contributed by atoms with Crippen molar-refractivity contribution in [2.45, 2.75) is 51.5 Å². The van der Waals surface area contributed by atoms with Gasteiger partial charge in [0.25, 0.3) is 0 Å². The van der Waals surface area contributed by atoms with Crippen LogP contribution in [0.3, 0.4) is 0 Å². The van der Waals surface area contributed by atoms with Crippen LogP contribution in [-0.4, -0.2) is 26.4 Å². The van der Waals surface area contributed by atoms with Gasteiger partial charge in [0.2, 0.25) is 0 Å². The third-order valence-electron chi connectivity index (χ3n) is 6.31. The Morgan fingerprint density at radius 3 is 2.55 bits per heavy atom. The molecule has 0 amide bonds. The average molecular weight is 445 g/mol. The Kier molecular flexibility index (Phi) is 7.11. The molecule has 1 fully saturated rings. The first kappa shape index (κ1) is 22.9. The number of aliphatic carboxylic acids is 1. The fourth-order valence-electron chi connectivity index (χ4n) is 4.88. The Bertz CT molecular complexity index is 1090. The van der Waals surface area contributed by atoms with Gasteiger partial charge in [-0.15, -0.1) is 12.4 Å². The van der Waals surface area contributed by atoms with Crippen LogP contribution in [0.2, 0.25) is 0 Å². The molecule has 5 nitrogen and oxygen atoms in total. The molecule has 1 aliphatic carbocycles. The topological polar surface area (TPSA) is 72.2 Å². The van der Waals surface area contributed by atoms with Crippen LogP contribution in [0.1, 0.15) is 59.8 Å². The predicted octanol–water partition coefficient (Wildman–Crippen LogP) is 5.54. The minimum atomic E-state index is -0.914. The molecule has 4 rings (SSSR count).